The van der Waals surface area contributed by atoms with Gasteiger partial charge in [0.25, 0.3) is 11.2 Å². The lowest BCUT2D eigenvalue weighted by Crippen LogP contribution is -2.46. The van der Waals surface area contributed by atoms with Gasteiger partial charge >= 0.3 is 0 Å². The molecule has 1 unspecified atom stereocenters. The number of aromatic nitrogens is 1. The van der Waals surface area contributed by atoms with Crippen molar-refractivity contribution in [1.82, 2.24) is 9.47 Å². The van der Waals surface area contributed by atoms with Crippen molar-refractivity contribution in [3.8, 4) is 0 Å². The zero-order valence-electron chi connectivity index (χ0n) is 12.9. The lowest BCUT2D eigenvalue weighted by molar-refractivity contribution is -0.385. The predicted octanol–water partition coefficient (Wildman–Crippen LogP) is 1.10. The molecular formula is C14H23N3O4. The first-order valence-electron chi connectivity index (χ1n) is 6.83. The number of hydrogen-bond donors (Lipinski definition) is 1. The van der Waals surface area contributed by atoms with Crippen LogP contribution < -0.4 is 5.56 Å². The van der Waals surface area contributed by atoms with Gasteiger partial charge in [0.15, 0.2) is 0 Å². The summed E-state index contributed by atoms with van der Waals surface area (Å²) in [5.74, 6) is 0. The lowest BCUT2D eigenvalue weighted by atomic mass is 9.86. The molecule has 0 aliphatic carbocycles. The average Bonchev–Trinajstić information content (AvgIpc) is 2.36. The fourth-order valence-corrected chi connectivity index (χ4v) is 2.30. The van der Waals surface area contributed by atoms with E-state index in [0.29, 0.717) is 13.1 Å². The van der Waals surface area contributed by atoms with Crippen LogP contribution in [0, 0.1) is 15.5 Å². The van der Waals surface area contributed by atoms with E-state index in [1.165, 1.54) is 22.9 Å². The highest BCUT2D eigenvalue weighted by molar-refractivity contribution is 5.24. The summed E-state index contributed by atoms with van der Waals surface area (Å²) in [5.41, 5.74) is -0.478. The van der Waals surface area contributed by atoms with Crippen LogP contribution in [-0.2, 0) is 6.54 Å². The summed E-state index contributed by atoms with van der Waals surface area (Å²) in [5, 5.41) is 20.2. The van der Waals surface area contributed by atoms with Crippen molar-refractivity contribution in [2.24, 2.45) is 5.41 Å². The molecule has 7 nitrogen and oxygen atoms in total. The molecule has 1 aromatic heterocycles. The molecule has 1 N–H and O–H groups in total. The minimum atomic E-state index is -0.522. The van der Waals surface area contributed by atoms with Crippen LogP contribution in [0.1, 0.15) is 20.8 Å². The van der Waals surface area contributed by atoms with Crippen LogP contribution in [0.15, 0.2) is 23.1 Å². The second kappa shape index (κ2) is 6.82. The van der Waals surface area contributed by atoms with E-state index in [1.807, 2.05) is 32.7 Å². The third-order valence-corrected chi connectivity index (χ3v) is 3.58. The quantitative estimate of drug-likeness (QED) is 0.627. The minimum Gasteiger partial charge on any atom is -0.395 e. The van der Waals surface area contributed by atoms with Crippen LogP contribution in [0.3, 0.4) is 0 Å². The molecule has 0 bridgehead atoms. The number of rotatable bonds is 6. The van der Waals surface area contributed by atoms with Crippen LogP contribution in [0.25, 0.3) is 0 Å². The molecule has 0 fully saturated rings. The molecule has 1 heterocycles. The number of pyridine rings is 1. The Balaban J connectivity index is 2.81. The van der Waals surface area contributed by atoms with Crippen LogP contribution in [0.4, 0.5) is 5.69 Å². The maximum Gasteiger partial charge on any atom is 0.285 e. The normalized spacial score (nSPS) is 13.4. The Hall–Kier alpha value is -1.73. The number of hydrogen-bond acceptors (Lipinski definition) is 5. The number of aliphatic hydroxyl groups is 1. The summed E-state index contributed by atoms with van der Waals surface area (Å²) in [6.45, 7) is 6.97. The second-order valence-electron chi connectivity index (χ2n) is 6.22. The van der Waals surface area contributed by atoms with E-state index in [4.69, 9.17) is 0 Å². The Labute approximate surface area is 124 Å². The third-order valence-electron chi connectivity index (χ3n) is 3.58. The van der Waals surface area contributed by atoms with Crippen molar-refractivity contribution in [2.45, 2.75) is 33.4 Å². The van der Waals surface area contributed by atoms with Gasteiger partial charge in [-0.15, -0.1) is 0 Å². The van der Waals surface area contributed by atoms with Gasteiger partial charge in [0.2, 0.25) is 0 Å². The number of likely N-dealkylation sites (N-methyl/N-ethyl adjacent to an activating group) is 1. The topological polar surface area (TPSA) is 88.6 Å². The zero-order valence-corrected chi connectivity index (χ0v) is 12.9. The molecule has 0 amide bonds. The molecule has 0 aromatic carbocycles. The Bertz CT molecular complexity index is 548. The first kappa shape index (κ1) is 17.3. The Morgan fingerprint density at radius 2 is 2.05 bits per heavy atom. The van der Waals surface area contributed by atoms with Crippen molar-refractivity contribution >= 4 is 5.69 Å². The van der Waals surface area contributed by atoms with Crippen molar-refractivity contribution in [3.05, 3.63) is 38.8 Å². The van der Waals surface area contributed by atoms with E-state index >= 15 is 0 Å². The van der Waals surface area contributed by atoms with Gasteiger partial charge in [0.05, 0.1) is 17.7 Å². The molecule has 0 aliphatic rings. The highest BCUT2D eigenvalue weighted by Crippen LogP contribution is 2.23. The summed E-state index contributed by atoms with van der Waals surface area (Å²) < 4.78 is 1.33. The molecule has 7 heteroatoms. The first-order valence-corrected chi connectivity index (χ1v) is 6.83. The average molecular weight is 297 g/mol. The van der Waals surface area contributed by atoms with Gasteiger partial charge in [-0.3, -0.25) is 19.8 Å². The van der Waals surface area contributed by atoms with Gasteiger partial charge in [-0.2, -0.15) is 0 Å². The Morgan fingerprint density at radius 3 is 2.52 bits per heavy atom. The highest BCUT2D eigenvalue weighted by atomic mass is 16.6. The standard InChI is InChI=1S/C14H23N3O4/c1-14(2,3)12(10-18)15(4)7-8-16-9-11(17(20)21)5-6-13(16)19/h5-6,9,12,18H,7-8,10H2,1-4H3. The largest absolute Gasteiger partial charge is 0.395 e. The summed E-state index contributed by atoms with van der Waals surface area (Å²) in [4.78, 5) is 23.9. The fraction of sp³-hybridized carbons (Fsp3) is 0.643. The van der Waals surface area contributed by atoms with E-state index in [9.17, 15) is 20.0 Å². The van der Waals surface area contributed by atoms with Gasteiger partial charge in [-0.25, -0.2) is 0 Å². The smallest absolute Gasteiger partial charge is 0.285 e. The monoisotopic (exact) mass is 297 g/mol. The van der Waals surface area contributed by atoms with Crippen LogP contribution in [0.5, 0.6) is 0 Å². The molecule has 0 spiro atoms. The van der Waals surface area contributed by atoms with Crippen molar-refractivity contribution in [3.63, 3.8) is 0 Å². The molecule has 0 radical (unpaired) electrons. The van der Waals surface area contributed by atoms with E-state index in [0.717, 1.165) is 0 Å². The zero-order chi connectivity index (χ0) is 16.2. The van der Waals surface area contributed by atoms with Crippen LogP contribution in [-0.4, -0.2) is 45.7 Å². The second-order valence-corrected chi connectivity index (χ2v) is 6.22. The van der Waals surface area contributed by atoms with E-state index in [2.05, 4.69) is 0 Å². The maximum absolute atomic E-state index is 11.7. The van der Waals surface area contributed by atoms with Gasteiger partial charge in [-0.1, -0.05) is 20.8 Å². The molecular weight excluding hydrogens is 274 g/mol. The van der Waals surface area contributed by atoms with Gasteiger partial charge in [0.1, 0.15) is 0 Å². The van der Waals surface area contributed by atoms with Crippen molar-refractivity contribution in [1.29, 1.82) is 0 Å². The van der Waals surface area contributed by atoms with Gasteiger partial charge in [0, 0.05) is 31.3 Å². The molecule has 1 aromatic rings. The van der Waals surface area contributed by atoms with Crippen molar-refractivity contribution in [2.75, 3.05) is 20.2 Å². The molecule has 0 saturated heterocycles. The third kappa shape index (κ3) is 4.64. The fourth-order valence-electron chi connectivity index (χ4n) is 2.30. The number of nitro groups is 1. The molecule has 21 heavy (non-hydrogen) atoms. The minimum absolute atomic E-state index is 0.0177. The van der Waals surface area contributed by atoms with Crippen LogP contribution in [0.2, 0.25) is 0 Å². The predicted molar refractivity (Wildman–Crippen MR) is 80.3 cm³/mol. The van der Waals surface area contributed by atoms with E-state index < -0.39 is 4.92 Å². The van der Waals surface area contributed by atoms with Gasteiger partial charge < -0.3 is 9.67 Å². The molecule has 0 aliphatic heterocycles. The molecule has 1 rings (SSSR count). The van der Waals surface area contributed by atoms with Crippen molar-refractivity contribution < 1.29 is 10.0 Å². The Morgan fingerprint density at radius 1 is 1.43 bits per heavy atom. The molecule has 118 valence electrons. The van der Waals surface area contributed by atoms with Gasteiger partial charge in [-0.05, 0) is 12.5 Å². The maximum atomic E-state index is 11.7. The summed E-state index contributed by atoms with van der Waals surface area (Å²) in [7, 11) is 1.87. The lowest BCUT2D eigenvalue weighted by Gasteiger charge is -2.36. The number of aliphatic hydroxyl groups excluding tert-OH is 1. The van der Waals surface area contributed by atoms with Crippen LogP contribution >= 0.6 is 0 Å². The summed E-state index contributed by atoms with van der Waals surface area (Å²) in [6.07, 6.45) is 1.25. The summed E-state index contributed by atoms with van der Waals surface area (Å²) >= 11 is 0. The number of nitrogens with zero attached hydrogens (tertiary/aromatic N) is 3. The van der Waals surface area contributed by atoms with E-state index in [-0.39, 0.29) is 29.3 Å². The molecule has 1 atom stereocenters. The highest BCUT2D eigenvalue weighted by Gasteiger charge is 2.27. The van der Waals surface area contributed by atoms with E-state index in [1.54, 1.807) is 0 Å². The SMILES string of the molecule is CN(CCn1cc([N+](=O)[O-])ccc1=O)C(CO)C(C)(C)C. The Kier molecular flexibility index (Phi) is 5.62. The first-order chi connectivity index (χ1) is 9.66. The summed E-state index contributed by atoms with van der Waals surface area (Å²) in [6, 6.07) is 2.35. The molecule has 0 saturated carbocycles.